The van der Waals surface area contributed by atoms with Gasteiger partial charge in [-0.3, -0.25) is 4.98 Å². The fourth-order valence-electron chi connectivity index (χ4n) is 1.57. The van der Waals surface area contributed by atoms with E-state index < -0.39 is 12.6 Å². The summed E-state index contributed by atoms with van der Waals surface area (Å²) in [6.45, 7) is 2.62. The normalized spacial score (nSPS) is 13.6. The molecule has 1 atom stereocenters. The number of halogens is 4. The highest BCUT2D eigenvalue weighted by molar-refractivity contribution is 6.30. The van der Waals surface area contributed by atoms with E-state index in [-0.39, 0.29) is 12.5 Å². The van der Waals surface area contributed by atoms with E-state index in [1.807, 2.05) is 6.92 Å². The highest BCUT2D eigenvalue weighted by Gasteiger charge is 2.28. The molecule has 0 spiro atoms. The second-order valence-electron chi connectivity index (χ2n) is 4.06. The van der Waals surface area contributed by atoms with Crippen LogP contribution >= 0.6 is 11.6 Å². The number of rotatable bonds is 6. The molecule has 1 heterocycles. The summed E-state index contributed by atoms with van der Waals surface area (Å²) in [6, 6.07) is 2.91. The van der Waals surface area contributed by atoms with Gasteiger partial charge in [0.2, 0.25) is 0 Å². The van der Waals surface area contributed by atoms with Gasteiger partial charge in [-0.25, -0.2) is 0 Å². The summed E-state index contributed by atoms with van der Waals surface area (Å²) in [4.78, 5) is 4.07. The van der Waals surface area contributed by atoms with E-state index in [9.17, 15) is 13.2 Å². The molecular weight excluding hydrogens is 265 g/mol. The molecule has 0 saturated heterocycles. The number of pyridine rings is 1. The zero-order valence-corrected chi connectivity index (χ0v) is 10.9. The molecule has 1 unspecified atom stereocenters. The first kappa shape index (κ1) is 15.2. The number of hydrogen-bond acceptors (Lipinski definition) is 2. The van der Waals surface area contributed by atoms with Crippen LogP contribution in [0.2, 0.25) is 5.02 Å². The molecule has 0 saturated carbocycles. The topological polar surface area (TPSA) is 24.9 Å². The van der Waals surface area contributed by atoms with Crippen molar-refractivity contribution < 1.29 is 13.2 Å². The number of nitrogens with zero attached hydrogens (tertiary/aromatic N) is 1. The Labute approximate surface area is 110 Å². The Kier molecular flexibility index (Phi) is 5.88. The van der Waals surface area contributed by atoms with Crippen LogP contribution in [0, 0.1) is 0 Å². The molecule has 18 heavy (non-hydrogen) atoms. The molecule has 0 aromatic carbocycles. The summed E-state index contributed by atoms with van der Waals surface area (Å²) >= 11 is 5.71. The summed E-state index contributed by atoms with van der Waals surface area (Å²) in [5.41, 5.74) is 0.595. The summed E-state index contributed by atoms with van der Waals surface area (Å²) in [6.07, 6.45) is -2.67. The van der Waals surface area contributed by atoms with Crippen LogP contribution in [-0.4, -0.2) is 17.7 Å². The van der Waals surface area contributed by atoms with Crippen LogP contribution in [0.15, 0.2) is 18.3 Å². The van der Waals surface area contributed by atoms with E-state index in [0.29, 0.717) is 17.3 Å². The van der Waals surface area contributed by atoms with E-state index in [0.717, 1.165) is 6.42 Å². The Bertz CT molecular complexity index is 351. The molecule has 1 N–H and O–H groups in total. The number of aromatic nitrogens is 1. The Hall–Kier alpha value is -0.810. The molecule has 1 aromatic rings. The third kappa shape index (κ3) is 5.69. The van der Waals surface area contributed by atoms with Crippen molar-refractivity contribution in [3.05, 3.63) is 29.0 Å². The fraction of sp³-hybridized carbons (Fsp3) is 0.583. The monoisotopic (exact) mass is 280 g/mol. The van der Waals surface area contributed by atoms with Gasteiger partial charge in [0.1, 0.15) is 0 Å². The molecule has 102 valence electrons. The van der Waals surface area contributed by atoms with Gasteiger partial charge in [-0.05, 0) is 31.5 Å². The first-order valence-corrected chi connectivity index (χ1v) is 6.21. The van der Waals surface area contributed by atoms with Gasteiger partial charge in [0.25, 0.3) is 0 Å². The van der Waals surface area contributed by atoms with Crippen molar-refractivity contribution in [3.63, 3.8) is 0 Å². The summed E-state index contributed by atoms with van der Waals surface area (Å²) in [5, 5.41) is 3.55. The quantitative estimate of drug-likeness (QED) is 0.848. The van der Waals surface area contributed by atoms with E-state index in [4.69, 9.17) is 11.6 Å². The Balaban J connectivity index is 2.68. The van der Waals surface area contributed by atoms with Gasteiger partial charge in [0.15, 0.2) is 0 Å². The molecule has 2 nitrogen and oxygen atoms in total. The fourth-order valence-corrected chi connectivity index (χ4v) is 1.69. The van der Waals surface area contributed by atoms with Gasteiger partial charge < -0.3 is 5.32 Å². The van der Waals surface area contributed by atoms with Crippen molar-refractivity contribution in [1.82, 2.24) is 10.3 Å². The summed E-state index contributed by atoms with van der Waals surface area (Å²) < 4.78 is 36.7. The molecule has 6 heteroatoms. The molecular formula is C12H16ClF3N2. The molecule has 0 fully saturated rings. The van der Waals surface area contributed by atoms with Crippen molar-refractivity contribution in [2.45, 2.75) is 38.4 Å². The van der Waals surface area contributed by atoms with Crippen LogP contribution in [0.1, 0.15) is 37.9 Å². The lowest BCUT2D eigenvalue weighted by molar-refractivity contribution is -0.136. The minimum absolute atomic E-state index is 0.0157. The van der Waals surface area contributed by atoms with Crippen molar-refractivity contribution in [2.75, 3.05) is 6.54 Å². The van der Waals surface area contributed by atoms with Crippen molar-refractivity contribution in [2.24, 2.45) is 0 Å². The lowest BCUT2D eigenvalue weighted by Crippen LogP contribution is -2.24. The maximum Gasteiger partial charge on any atom is 0.389 e. The molecule has 0 amide bonds. The van der Waals surface area contributed by atoms with E-state index in [2.05, 4.69) is 10.3 Å². The summed E-state index contributed by atoms with van der Waals surface area (Å²) in [7, 11) is 0. The van der Waals surface area contributed by atoms with Crippen LogP contribution in [0.4, 0.5) is 13.2 Å². The molecule has 0 aliphatic heterocycles. The predicted octanol–water partition coefficient (Wildman–Crippen LogP) is 4.12. The standard InChI is InChI=1S/C12H16ClF3N2/c1-2-7-17-11(5-6-12(14,15)16)10-4-3-9(13)8-18-10/h3-4,8,11,17H,2,5-7H2,1H3. The van der Waals surface area contributed by atoms with Gasteiger partial charge in [0, 0.05) is 18.7 Å². The maximum absolute atomic E-state index is 12.2. The van der Waals surface area contributed by atoms with Crippen molar-refractivity contribution >= 4 is 11.6 Å². The molecule has 0 aliphatic rings. The summed E-state index contributed by atoms with van der Waals surface area (Å²) in [5.74, 6) is 0. The second-order valence-corrected chi connectivity index (χ2v) is 4.50. The number of hydrogen-bond donors (Lipinski definition) is 1. The lowest BCUT2D eigenvalue weighted by Gasteiger charge is -2.18. The van der Waals surface area contributed by atoms with Crippen LogP contribution < -0.4 is 5.32 Å². The van der Waals surface area contributed by atoms with Crippen LogP contribution in [0.25, 0.3) is 0 Å². The number of nitrogens with one attached hydrogen (secondary N) is 1. The first-order chi connectivity index (χ1) is 8.42. The third-order valence-corrected chi connectivity index (χ3v) is 2.69. The average molecular weight is 281 g/mol. The van der Waals surface area contributed by atoms with E-state index in [1.165, 1.54) is 6.20 Å². The van der Waals surface area contributed by atoms with Gasteiger partial charge in [-0.1, -0.05) is 18.5 Å². The van der Waals surface area contributed by atoms with Gasteiger partial charge >= 0.3 is 6.18 Å². The Morgan fingerprint density at radius 3 is 2.61 bits per heavy atom. The molecule has 1 aromatic heterocycles. The highest BCUT2D eigenvalue weighted by atomic mass is 35.5. The average Bonchev–Trinajstić information content (AvgIpc) is 2.29. The Morgan fingerprint density at radius 2 is 2.11 bits per heavy atom. The van der Waals surface area contributed by atoms with E-state index >= 15 is 0 Å². The molecule has 0 bridgehead atoms. The van der Waals surface area contributed by atoms with Gasteiger partial charge in [0.05, 0.1) is 10.7 Å². The van der Waals surface area contributed by atoms with Crippen LogP contribution in [0.5, 0.6) is 0 Å². The van der Waals surface area contributed by atoms with Gasteiger partial charge in [-0.2, -0.15) is 13.2 Å². The number of alkyl halides is 3. The Morgan fingerprint density at radius 1 is 1.39 bits per heavy atom. The van der Waals surface area contributed by atoms with E-state index in [1.54, 1.807) is 12.1 Å². The van der Waals surface area contributed by atoms with Crippen molar-refractivity contribution in [1.29, 1.82) is 0 Å². The minimum atomic E-state index is -4.14. The van der Waals surface area contributed by atoms with Crippen molar-refractivity contribution in [3.8, 4) is 0 Å². The second kappa shape index (κ2) is 6.95. The predicted molar refractivity (Wildman–Crippen MR) is 65.6 cm³/mol. The molecule has 0 aliphatic carbocycles. The molecule has 1 rings (SSSR count). The highest BCUT2D eigenvalue weighted by Crippen LogP contribution is 2.27. The largest absolute Gasteiger partial charge is 0.389 e. The minimum Gasteiger partial charge on any atom is -0.309 e. The van der Waals surface area contributed by atoms with Crippen LogP contribution in [0.3, 0.4) is 0 Å². The molecule has 0 radical (unpaired) electrons. The maximum atomic E-state index is 12.2. The lowest BCUT2D eigenvalue weighted by atomic mass is 10.1. The van der Waals surface area contributed by atoms with Crippen LogP contribution in [-0.2, 0) is 0 Å². The zero-order valence-electron chi connectivity index (χ0n) is 10.1. The smallest absolute Gasteiger partial charge is 0.309 e. The third-order valence-electron chi connectivity index (χ3n) is 2.46. The first-order valence-electron chi connectivity index (χ1n) is 5.84. The zero-order chi connectivity index (χ0) is 13.6. The van der Waals surface area contributed by atoms with Gasteiger partial charge in [-0.15, -0.1) is 0 Å². The SMILES string of the molecule is CCCNC(CCC(F)(F)F)c1ccc(Cl)cn1.